The normalized spacial score (nSPS) is 11.6. The van der Waals surface area contributed by atoms with Gasteiger partial charge in [0.05, 0.1) is 11.0 Å². The van der Waals surface area contributed by atoms with Gasteiger partial charge in [-0.3, -0.25) is 0 Å². The van der Waals surface area contributed by atoms with E-state index in [4.69, 9.17) is 19.4 Å². The van der Waals surface area contributed by atoms with Gasteiger partial charge < -0.3 is 8.98 Å². The van der Waals surface area contributed by atoms with Crippen molar-refractivity contribution in [3.63, 3.8) is 0 Å². The Labute approximate surface area is 322 Å². The van der Waals surface area contributed by atoms with Gasteiger partial charge in [-0.2, -0.15) is 0 Å². The van der Waals surface area contributed by atoms with E-state index in [1.165, 1.54) is 33.0 Å². The topological polar surface area (TPSA) is 56.7 Å². The van der Waals surface area contributed by atoms with Gasteiger partial charge in [-0.1, -0.05) is 140 Å². The highest BCUT2D eigenvalue weighted by atomic mass is 16.3. The van der Waals surface area contributed by atoms with Crippen molar-refractivity contribution < 1.29 is 4.42 Å². The number of fused-ring (bicyclic) bond motifs is 6. The molecule has 0 bridgehead atoms. The van der Waals surface area contributed by atoms with Crippen LogP contribution >= 0.6 is 0 Å². The minimum Gasteiger partial charge on any atom is -0.456 e. The zero-order chi connectivity index (χ0) is 37.0. The van der Waals surface area contributed by atoms with Gasteiger partial charge in [0.2, 0.25) is 0 Å². The van der Waals surface area contributed by atoms with Crippen molar-refractivity contribution in [2.45, 2.75) is 0 Å². The van der Waals surface area contributed by atoms with Crippen LogP contribution in [0, 0.1) is 0 Å². The lowest BCUT2D eigenvalue weighted by Gasteiger charge is -2.14. The molecule has 0 atom stereocenters. The Bertz CT molecular complexity index is 3170. The Morgan fingerprint density at radius 2 is 0.893 bits per heavy atom. The van der Waals surface area contributed by atoms with Gasteiger partial charge >= 0.3 is 0 Å². The van der Waals surface area contributed by atoms with Crippen LogP contribution < -0.4 is 0 Å². The highest BCUT2D eigenvalue weighted by Gasteiger charge is 2.20. The Balaban J connectivity index is 1.09. The second-order valence-corrected chi connectivity index (χ2v) is 14.0. The van der Waals surface area contributed by atoms with Crippen molar-refractivity contribution >= 4 is 43.7 Å². The predicted molar refractivity (Wildman–Crippen MR) is 229 cm³/mol. The first-order chi connectivity index (χ1) is 27.7. The maximum absolute atomic E-state index is 6.62. The number of hydrogen-bond donors (Lipinski definition) is 0. The molecular weight excluding hydrogens is 685 g/mol. The molecule has 0 fully saturated rings. The molecule has 0 aliphatic heterocycles. The quantitative estimate of drug-likeness (QED) is 0.172. The van der Waals surface area contributed by atoms with Gasteiger partial charge in [0, 0.05) is 55.6 Å². The third kappa shape index (κ3) is 5.37. The van der Waals surface area contributed by atoms with Crippen LogP contribution in [0.3, 0.4) is 0 Å². The van der Waals surface area contributed by atoms with Crippen molar-refractivity contribution in [2.24, 2.45) is 0 Å². The molecule has 0 aliphatic rings. The van der Waals surface area contributed by atoms with Crippen molar-refractivity contribution in [3.8, 4) is 62.1 Å². The van der Waals surface area contributed by atoms with Crippen LogP contribution in [-0.4, -0.2) is 19.5 Å². The molecule has 5 nitrogen and oxygen atoms in total. The summed E-state index contributed by atoms with van der Waals surface area (Å²) in [6.45, 7) is 0. The number of furan rings is 1. The first kappa shape index (κ1) is 31.9. The van der Waals surface area contributed by atoms with E-state index in [1.54, 1.807) is 0 Å². The summed E-state index contributed by atoms with van der Waals surface area (Å²) in [5.41, 5.74) is 12.4. The third-order valence-electron chi connectivity index (χ3n) is 10.6. The number of benzene rings is 8. The molecule has 0 saturated carbocycles. The average molecular weight is 717 g/mol. The lowest BCUT2D eigenvalue weighted by molar-refractivity contribution is 0.668. The number of aromatic nitrogens is 4. The zero-order valence-corrected chi connectivity index (χ0v) is 30.2. The molecule has 11 aromatic rings. The van der Waals surface area contributed by atoms with E-state index in [0.29, 0.717) is 17.5 Å². The second-order valence-electron chi connectivity index (χ2n) is 14.0. The van der Waals surface area contributed by atoms with E-state index in [0.717, 1.165) is 55.3 Å². The van der Waals surface area contributed by atoms with Crippen molar-refractivity contribution in [1.82, 2.24) is 19.5 Å². The van der Waals surface area contributed by atoms with Gasteiger partial charge in [0.1, 0.15) is 11.2 Å². The lowest BCUT2D eigenvalue weighted by atomic mass is 9.95. The Morgan fingerprint density at radius 1 is 0.339 bits per heavy atom. The van der Waals surface area contributed by atoms with E-state index < -0.39 is 0 Å². The van der Waals surface area contributed by atoms with E-state index >= 15 is 0 Å². The van der Waals surface area contributed by atoms with Gasteiger partial charge in [-0.25, -0.2) is 15.0 Å². The van der Waals surface area contributed by atoms with Crippen LogP contribution in [0.5, 0.6) is 0 Å². The fourth-order valence-electron chi connectivity index (χ4n) is 7.98. The highest BCUT2D eigenvalue weighted by Crippen LogP contribution is 2.42. The molecule has 8 aromatic carbocycles. The van der Waals surface area contributed by atoms with E-state index in [9.17, 15) is 0 Å². The maximum Gasteiger partial charge on any atom is 0.164 e. The monoisotopic (exact) mass is 716 g/mol. The summed E-state index contributed by atoms with van der Waals surface area (Å²) in [5.74, 6) is 1.88. The average Bonchev–Trinajstić information content (AvgIpc) is 3.82. The van der Waals surface area contributed by atoms with Gasteiger partial charge in [-0.15, -0.1) is 0 Å². The smallest absolute Gasteiger partial charge is 0.164 e. The van der Waals surface area contributed by atoms with Crippen LogP contribution in [-0.2, 0) is 0 Å². The van der Waals surface area contributed by atoms with Gasteiger partial charge in [0.15, 0.2) is 17.5 Å². The molecule has 3 heterocycles. The number of para-hydroxylation sites is 1. The Hall–Kier alpha value is -7.63. The largest absolute Gasteiger partial charge is 0.456 e. The predicted octanol–water partition coefficient (Wildman–Crippen LogP) is 13.2. The molecule has 0 radical (unpaired) electrons. The van der Waals surface area contributed by atoms with Crippen molar-refractivity contribution in [3.05, 3.63) is 194 Å². The van der Waals surface area contributed by atoms with Gasteiger partial charge in [0.25, 0.3) is 0 Å². The standard InChI is InChI=1S/C51H32N4O/c1-5-15-33(16-6-1)38-30-42(34-17-7-2-8-18-34)48-44(31-38)40-23-13-14-24-45(40)55(48)39-26-27-41-43-29-37(25-28-46(43)56-47(41)32-39)51-53-49(35-19-9-3-10-20-35)52-50(54-51)36-21-11-4-12-22-36/h1-32H. The molecule has 0 spiro atoms. The minimum atomic E-state index is 0.610. The minimum absolute atomic E-state index is 0.610. The lowest BCUT2D eigenvalue weighted by Crippen LogP contribution is -2.00. The van der Waals surface area contributed by atoms with Crippen LogP contribution in [0.4, 0.5) is 0 Å². The second kappa shape index (κ2) is 13.0. The van der Waals surface area contributed by atoms with Gasteiger partial charge in [-0.05, 0) is 65.2 Å². The summed E-state index contributed by atoms with van der Waals surface area (Å²) in [4.78, 5) is 14.8. The molecule has 0 saturated heterocycles. The van der Waals surface area contributed by atoms with E-state index in [1.807, 2.05) is 72.8 Å². The summed E-state index contributed by atoms with van der Waals surface area (Å²) < 4.78 is 9.01. The maximum atomic E-state index is 6.62. The summed E-state index contributed by atoms with van der Waals surface area (Å²) in [5, 5.41) is 4.44. The fourth-order valence-corrected chi connectivity index (χ4v) is 7.98. The molecule has 0 N–H and O–H groups in total. The molecule has 5 heteroatoms. The number of nitrogens with zero attached hydrogens (tertiary/aromatic N) is 4. The summed E-state index contributed by atoms with van der Waals surface area (Å²) in [6, 6.07) is 67.6. The summed E-state index contributed by atoms with van der Waals surface area (Å²) >= 11 is 0. The van der Waals surface area contributed by atoms with Crippen LogP contribution in [0.2, 0.25) is 0 Å². The number of rotatable bonds is 6. The molecule has 11 rings (SSSR count). The first-order valence-electron chi connectivity index (χ1n) is 18.8. The summed E-state index contributed by atoms with van der Waals surface area (Å²) in [6.07, 6.45) is 0. The molecule has 0 unspecified atom stereocenters. The Kier molecular flexibility index (Phi) is 7.42. The SMILES string of the molecule is c1ccc(-c2cc(-c3ccccc3)c3c(c2)c2ccccc2n3-c2ccc3c(c2)oc2ccc(-c4nc(-c5ccccc5)nc(-c5ccccc5)n4)cc23)cc1. The van der Waals surface area contributed by atoms with Crippen LogP contribution in [0.15, 0.2) is 199 Å². The summed E-state index contributed by atoms with van der Waals surface area (Å²) in [7, 11) is 0. The van der Waals surface area contributed by atoms with Crippen LogP contribution in [0.1, 0.15) is 0 Å². The Morgan fingerprint density at radius 3 is 1.55 bits per heavy atom. The third-order valence-corrected chi connectivity index (χ3v) is 10.6. The van der Waals surface area contributed by atoms with Crippen molar-refractivity contribution in [2.75, 3.05) is 0 Å². The molecule has 0 aliphatic carbocycles. The molecule has 3 aromatic heterocycles. The van der Waals surface area contributed by atoms with E-state index in [2.05, 4.69) is 126 Å². The fraction of sp³-hybridized carbons (Fsp3) is 0. The first-order valence-corrected chi connectivity index (χ1v) is 18.8. The van der Waals surface area contributed by atoms with Crippen molar-refractivity contribution in [1.29, 1.82) is 0 Å². The molecular formula is C51H32N4O. The molecule has 0 amide bonds. The molecule has 262 valence electrons. The molecule has 56 heavy (non-hydrogen) atoms. The highest BCUT2D eigenvalue weighted by molar-refractivity contribution is 6.16. The zero-order valence-electron chi connectivity index (χ0n) is 30.2. The van der Waals surface area contributed by atoms with E-state index in [-0.39, 0.29) is 0 Å². The van der Waals surface area contributed by atoms with Crippen LogP contribution in [0.25, 0.3) is 106 Å². The number of hydrogen-bond acceptors (Lipinski definition) is 4.